The highest BCUT2D eigenvalue weighted by Crippen LogP contribution is 2.48. The minimum atomic E-state index is -4.44. The second kappa shape index (κ2) is 9.61. The van der Waals surface area contributed by atoms with E-state index in [9.17, 15) is 27.2 Å². The largest absolute Gasteiger partial charge is 0.357 e. The van der Waals surface area contributed by atoms with Crippen LogP contribution < -0.4 is 10.6 Å². The molecule has 0 unspecified atom stereocenters. The van der Waals surface area contributed by atoms with Gasteiger partial charge in [0.1, 0.15) is 0 Å². The van der Waals surface area contributed by atoms with E-state index in [2.05, 4.69) is 5.32 Å². The maximum Gasteiger partial charge on any atom is 0.357 e. The van der Waals surface area contributed by atoms with Gasteiger partial charge in [0.15, 0.2) is 0 Å². The number of benzene rings is 2. The minimum Gasteiger partial charge on any atom is -0.305 e. The minimum absolute atomic E-state index is 0.0144. The van der Waals surface area contributed by atoms with Crippen molar-refractivity contribution in [3.63, 3.8) is 0 Å². The van der Waals surface area contributed by atoms with E-state index >= 15 is 0 Å². The molecule has 0 aromatic heterocycles. The van der Waals surface area contributed by atoms with Crippen molar-refractivity contribution in [1.82, 2.24) is 5.32 Å². The molecule has 2 aromatic carbocycles. The number of thioether (sulfide) groups is 1. The van der Waals surface area contributed by atoms with Gasteiger partial charge in [0, 0.05) is 4.90 Å². The number of alkyl halides is 4. The average molecular weight is 510 g/mol. The molecular weight excluding hydrogens is 502 g/mol. The quantitative estimate of drug-likeness (QED) is 0.254. The summed E-state index contributed by atoms with van der Waals surface area (Å²) >= 11 is 23.0. The van der Waals surface area contributed by atoms with Gasteiger partial charge < -0.3 is 5.32 Å². The molecular formula is C16H8Cl4F4N2O2S. The fraction of sp³-hybridized carbons (Fsp3) is 0.125. The highest BCUT2D eigenvalue weighted by atomic mass is 35.5. The predicted octanol–water partition coefficient (Wildman–Crippen LogP) is 7.21. The average Bonchev–Trinajstić information content (AvgIpc) is 2.63. The highest BCUT2D eigenvalue weighted by Gasteiger charge is 2.43. The van der Waals surface area contributed by atoms with Crippen LogP contribution in [0.5, 0.6) is 0 Å². The third-order valence-electron chi connectivity index (χ3n) is 3.21. The van der Waals surface area contributed by atoms with Gasteiger partial charge in [-0.1, -0.05) is 58.5 Å². The van der Waals surface area contributed by atoms with E-state index in [1.54, 1.807) is 6.07 Å². The molecule has 3 amide bonds. The summed E-state index contributed by atoms with van der Waals surface area (Å²) in [4.78, 5) is 23.6. The molecule has 0 radical (unpaired) electrons. The van der Waals surface area contributed by atoms with Gasteiger partial charge >= 0.3 is 17.7 Å². The van der Waals surface area contributed by atoms with Crippen LogP contribution in [0.1, 0.15) is 10.4 Å². The van der Waals surface area contributed by atoms with E-state index in [1.165, 1.54) is 18.2 Å². The molecule has 4 nitrogen and oxygen atoms in total. The predicted molar refractivity (Wildman–Crippen MR) is 106 cm³/mol. The van der Waals surface area contributed by atoms with E-state index in [0.29, 0.717) is 0 Å². The van der Waals surface area contributed by atoms with Crippen LogP contribution in [0.25, 0.3) is 0 Å². The monoisotopic (exact) mass is 508 g/mol. The Morgan fingerprint density at radius 2 is 1.62 bits per heavy atom. The first kappa shape index (κ1) is 23.9. The SMILES string of the molecule is O=C(NC(=O)c1ccccc1Cl)Nc1c(Cl)cc(SC(F)(F)C(F)F)c(Cl)c1Cl. The maximum absolute atomic E-state index is 13.3. The molecule has 0 aliphatic carbocycles. The van der Waals surface area contributed by atoms with E-state index in [0.717, 1.165) is 6.07 Å². The lowest BCUT2D eigenvalue weighted by Crippen LogP contribution is -2.34. The molecule has 0 heterocycles. The van der Waals surface area contributed by atoms with Crippen molar-refractivity contribution < 1.29 is 27.2 Å². The van der Waals surface area contributed by atoms with Crippen LogP contribution in [-0.4, -0.2) is 23.6 Å². The number of carbonyl (C=O) groups excluding carboxylic acids is 2. The number of halogens is 8. The summed E-state index contributed by atoms with van der Waals surface area (Å²) in [5.41, 5.74) is -0.298. The Hall–Kier alpha value is -1.39. The molecule has 13 heteroatoms. The normalized spacial score (nSPS) is 11.5. The Labute approximate surface area is 185 Å². The van der Waals surface area contributed by atoms with Gasteiger partial charge in [0.05, 0.1) is 31.3 Å². The number of hydrogen-bond acceptors (Lipinski definition) is 3. The van der Waals surface area contributed by atoms with E-state index in [-0.39, 0.29) is 21.3 Å². The van der Waals surface area contributed by atoms with Gasteiger partial charge in [-0.05, 0) is 30.0 Å². The Morgan fingerprint density at radius 1 is 1.00 bits per heavy atom. The van der Waals surface area contributed by atoms with Crippen LogP contribution in [0.2, 0.25) is 20.1 Å². The fourth-order valence-corrected chi connectivity index (χ4v) is 3.82. The van der Waals surface area contributed by atoms with Crippen LogP contribution in [0, 0.1) is 0 Å². The highest BCUT2D eigenvalue weighted by molar-refractivity contribution is 8.00. The van der Waals surface area contributed by atoms with Gasteiger partial charge in [0.2, 0.25) is 0 Å². The van der Waals surface area contributed by atoms with Crippen LogP contribution in [0.15, 0.2) is 35.2 Å². The summed E-state index contributed by atoms with van der Waals surface area (Å²) in [6.45, 7) is 0. The lowest BCUT2D eigenvalue weighted by molar-refractivity contribution is -0.0563. The zero-order valence-electron chi connectivity index (χ0n) is 13.7. The second-order valence-corrected chi connectivity index (χ2v) is 7.97. The molecule has 0 aliphatic rings. The van der Waals surface area contributed by atoms with Crippen LogP contribution >= 0.6 is 58.2 Å². The first-order chi connectivity index (χ1) is 13.4. The summed E-state index contributed by atoms with van der Waals surface area (Å²) in [5, 5.41) is -1.61. The maximum atomic E-state index is 13.3. The number of anilines is 1. The first-order valence-corrected chi connectivity index (χ1v) is 9.66. The fourth-order valence-electron chi connectivity index (χ4n) is 1.91. The van der Waals surface area contributed by atoms with Crippen molar-refractivity contribution in [1.29, 1.82) is 0 Å². The molecule has 156 valence electrons. The number of carbonyl (C=O) groups is 2. The summed E-state index contributed by atoms with van der Waals surface area (Å²) in [5.74, 6) is -0.838. The van der Waals surface area contributed by atoms with Gasteiger partial charge in [-0.3, -0.25) is 10.1 Å². The van der Waals surface area contributed by atoms with Gasteiger partial charge in [-0.15, -0.1) is 0 Å². The Kier molecular flexibility index (Phi) is 7.92. The summed E-state index contributed by atoms with van der Waals surface area (Å²) in [6, 6.07) is 5.68. The summed E-state index contributed by atoms with van der Waals surface area (Å²) in [7, 11) is 0. The third-order valence-corrected chi connectivity index (χ3v) is 5.81. The molecule has 2 aromatic rings. The summed E-state index contributed by atoms with van der Waals surface area (Å²) in [6.07, 6.45) is -3.96. The molecule has 0 fully saturated rings. The lowest BCUT2D eigenvalue weighted by Gasteiger charge is -2.18. The molecule has 2 rings (SSSR count). The molecule has 2 N–H and O–H groups in total. The first-order valence-electron chi connectivity index (χ1n) is 7.33. The van der Waals surface area contributed by atoms with E-state index < -0.39 is 50.3 Å². The van der Waals surface area contributed by atoms with Crippen molar-refractivity contribution in [3.8, 4) is 0 Å². The molecule has 29 heavy (non-hydrogen) atoms. The standard InChI is InChI=1S/C16H8Cl4F4N2O2S/c17-7-4-2-1-3-6(7)13(27)26-15(28)25-12-8(18)5-9(10(19)11(12)20)29-16(23,24)14(21)22/h1-5,14H,(H2,25,26,27,28). The van der Waals surface area contributed by atoms with Gasteiger partial charge in [0.25, 0.3) is 5.91 Å². The van der Waals surface area contributed by atoms with Gasteiger partial charge in [-0.2, -0.15) is 8.78 Å². The molecule has 0 saturated carbocycles. The Balaban J connectivity index is 2.21. The third kappa shape index (κ3) is 5.82. The molecule has 0 aliphatic heterocycles. The van der Waals surface area contributed by atoms with Crippen molar-refractivity contribution in [2.75, 3.05) is 5.32 Å². The number of hydrogen-bond donors (Lipinski definition) is 2. The lowest BCUT2D eigenvalue weighted by atomic mass is 10.2. The van der Waals surface area contributed by atoms with E-state index in [1.807, 2.05) is 5.32 Å². The van der Waals surface area contributed by atoms with Crippen LogP contribution in [0.3, 0.4) is 0 Å². The zero-order valence-corrected chi connectivity index (χ0v) is 17.6. The zero-order chi connectivity index (χ0) is 21.9. The number of nitrogens with one attached hydrogen (secondary N) is 2. The number of imide groups is 1. The van der Waals surface area contributed by atoms with Gasteiger partial charge in [-0.25, -0.2) is 13.6 Å². The van der Waals surface area contributed by atoms with E-state index in [4.69, 9.17) is 46.4 Å². The molecule has 0 bridgehead atoms. The van der Waals surface area contributed by atoms with Crippen molar-refractivity contribution >= 4 is 75.8 Å². The van der Waals surface area contributed by atoms with Crippen LogP contribution in [-0.2, 0) is 0 Å². The molecule has 0 atom stereocenters. The molecule has 0 saturated heterocycles. The number of rotatable bonds is 5. The molecule has 0 spiro atoms. The Morgan fingerprint density at radius 3 is 2.21 bits per heavy atom. The number of urea groups is 1. The van der Waals surface area contributed by atoms with Crippen molar-refractivity contribution in [2.45, 2.75) is 16.6 Å². The smallest absolute Gasteiger partial charge is 0.305 e. The topological polar surface area (TPSA) is 58.2 Å². The Bertz CT molecular complexity index is 963. The van der Waals surface area contributed by atoms with Crippen molar-refractivity contribution in [3.05, 3.63) is 56.0 Å². The van der Waals surface area contributed by atoms with Crippen LogP contribution in [0.4, 0.5) is 28.0 Å². The second-order valence-electron chi connectivity index (χ2n) is 5.21. The summed E-state index contributed by atoms with van der Waals surface area (Å²) < 4.78 is 51.3. The number of amides is 3. The van der Waals surface area contributed by atoms with Crippen molar-refractivity contribution in [2.24, 2.45) is 0 Å².